The van der Waals surface area contributed by atoms with Crippen LogP contribution >= 0.6 is 0 Å². The van der Waals surface area contributed by atoms with Gasteiger partial charge in [0.15, 0.2) is 0 Å². The summed E-state index contributed by atoms with van der Waals surface area (Å²) in [6.07, 6.45) is 0. The van der Waals surface area contributed by atoms with Gasteiger partial charge in [0.1, 0.15) is 0 Å². The summed E-state index contributed by atoms with van der Waals surface area (Å²) in [5.41, 5.74) is 0.509. The van der Waals surface area contributed by atoms with Crippen LogP contribution in [0.2, 0.25) is 0 Å². The van der Waals surface area contributed by atoms with Crippen molar-refractivity contribution in [1.29, 1.82) is 0 Å². The molecule has 0 bridgehead atoms. The summed E-state index contributed by atoms with van der Waals surface area (Å²) in [4.78, 5) is 22.1. The minimum atomic E-state index is -0.657. The number of nitrogens with zero attached hydrogens (tertiary/aromatic N) is 1. The molecule has 0 aromatic heterocycles. The van der Waals surface area contributed by atoms with Crippen molar-refractivity contribution in [2.24, 2.45) is 0 Å². The molecule has 1 aliphatic rings. The second kappa shape index (κ2) is 3.97. The molecule has 0 saturated carbocycles. The third-order valence-electron chi connectivity index (χ3n) is 1.77. The van der Waals surface area contributed by atoms with Crippen molar-refractivity contribution < 1.29 is 25.3 Å². The highest BCUT2D eigenvalue weighted by Crippen LogP contribution is 2.19. The summed E-state index contributed by atoms with van der Waals surface area (Å²) in [7, 11) is 0. The standard InChI is InChI=1S/C8H5NO3.H2O2/c10-7-5-3-1-2-4-6(5)8(11)9(7)12;1-2/h1-4,12H;1-2H. The second-order valence-corrected chi connectivity index (χ2v) is 2.47. The van der Waals surface area contributed by atoms with Crippen LogP contribution in [0, 0.1) is 0 Å². The predicted octanol–water partition coefficient (Wildman–Crippen LogP) is 0.689. The van der Waals surface area contributed by atoms with E-state index in [1.165, 1.54) is 12.1 Å². The van der Waals surface area contributed by atoms with Crippen LogP contribution < -0.4 is 0 Å². The molecule has 1 heterocycles. The molecule has 0 spiro atoms. The van der Waals surface area contributed by atoms with Gasteiger partial charge in [0.05, 0.1) is 11.1 Å². The smallest absolute Gasteiger partial charge is 0.278 e. The maximum Gasteiger partial charge on any atom is 0.285 e. The first-order valence-electron chi connectivity index (χ1n) is 3.58. The van der Waals surface area contributed by atoms with Crippen LogP contribution in [-0.2, 0) is 0 Å². The number of hydrogen-bond acceptors (Lipinski definition) is 5. The molecule has 0 aliphatic carbocycles. The third kappa shape index (κ3) is 1.37. The van der Waals surface area contributed by atoms with Gasteiger partial charge >= 0.3 is 0 Å². The zero-order valence-electron chi connectivity index (χ0n) is 6.91. The fraction of sp³-hybridized carbons (Fsp3) is 0. The highest BCUT2D eigenvalue weighted by Gasteiger charge is 2.33. The summed E-state index contributed by atoms with van der Waals surface area (Å²) in [6.45, 7) is 0. The van der Waals surface area contributed by atoms with E-state index in [9.17, 15) is 9.59 Å². The molecule has 1 aromatic rings. The third-order valence-corrected chi connectivity index (χ3v) is 1.77. The second-order valence-electron chi connectivity index (χ2n) is 2.47. The number of carbonyl (C=O) groups excluding carboxylic acids is 2. The maximum absolute atomic E-state index is 11.1. The first-order chi connectivity index (χ1) is 6.72. The molecule has 14 heavy (non-hydrogen) atoms. The van der Waals surface area contributed by atoms with Gasteiger partial charge in [0.2, 0.25) is 0 Å². The lowest BCUT2D eigenvalue weighted by molar-refractivity contribution is -0.176. The van der Waals surface area contributed by atoms with Crippen LogP contribution in [0.15, 0.2) is 24.3 Å². The molecule has 0 unspecified atom stereocenters. The summed E-state index contributed by atoms with van der Waals surface area (Å²) in [6, 6.07) is 6.30. The molecule has 3 N–H and O–H groups in total. The average Bonchev–Trinajstić information content (AvgIpc) is 2.48. The average molecular weight is 197 g/mol. The molecular weight excluding hydrogens is 190 g/mol. The molecule has 2 rings (SSSR count). The number of fused-ring (bicyclic) bond motifs is 1. The molecule has 1 aromatic carbocycles. The first-order valence-corrected chi connectivity index (χ1v) is 3.58. The van der Waals surface area contributed by atoms with E-state index in [0.29, 0.717) is 0 Å². The topological polar surface area (TPSA) is 98.1 Å². The molecule has 2 amide bonds. The van der Waals surface area contributed by atoms with Gasteiger partial charge in [0.25, 0.3) is 11.8 Å². The number of benzene rings is 1. The molecular formula is C8H7NO5. The van der Waals surface area contributed by atoms with Gasteiger partial charge in [-0.25, -0.2) is 0 Å². The number of rotatable bonds is 0. The van der Waals surface area contributed by atoms with Crippen LogP contribution in [0.25, 0.3) is 0 Å². The molecule has 0 atom stereocenters. The fourth-order valence-electron chi connectivity index (χ4n) is 1.18. The summed E-state index contributed by atoms with van der Waals surface area (Å²) in [5.74, 6) is -1.31. The molecule has 74 valence electrons. The van der Waals surface area contributed by atoms with Crippen molar-refractivity contribution in [3.63, 3.8) is 0 Å². The predicted molar refractivity (Wildman–Crippen MR) is 44.0 cm³/mol. The summed E-state index contributed by atoms with van der Waals surface area (Å²) >= 11 is 0. The Morgan fingerprint density at radius 3 is 1.64 bits per heavy atom. The monoisotopic (exact) mass is 197 g/mol. The quantitative estimate of drug-likeness (QED) is 0.246. The Morgan fingerprint density at radius 2 is 1.29 bits per heavy atom. The highest BCUT2D eigenvalue weighted by molar-refractivity contribution is 6.20. The normalized spacial score (nSPS) is 13.5. The van der Waals surface area contributed by atoms with E-state index in [1.54, 1.807) is 12.1 Å². The Kier molecular flexibility index (Phi) is 2.92. The fourth-order valence-corrected chi connectivity index (χ4v) is 1.18. The van der Waals surface area contributed by atoms with Gasteiger partial charge in [-0.05, 0) is 12.1 Å². The van der Waals surface area contributed by atoms with E-state index >= 15 is 0 Å². The zero-order valence-corrected chi connectivity index (χ0v) is 6.91. The number of imide groups is 1. The Balaban J connectivity index is 0.000000461. The Morgan fingerprint density at radius 1 is 0.929 bits per heavy atom. The van der Waals surface area contributed by atoms with Crippen molar-refractivity contribution in [3.8, 4) is 0 Å². The van der Waals surface area contributed by atoms with Crippen LogP contribution in [0.3, 0.4) is 0 Å². The lowest BCUT2D eigenvalue weighted by atomic mass is 10.1. The van der Waals surface area contributed by atoms with E-state index in [0.717, 1.165) is 0 Å². The van der Waals surface area contributed by atoms with E-state index in [1.807, 2.05) is 0 Å². The highest BCUT2D eigenvalue weighted by atomic mass is 17.0. The number of carbonyl (C=O) groups is 2. The van der Waals surface area contributed by atoms with Gasteiger partial charge in [-0.15, -0.1) is 5.06 Å². The van der Waals surface area contributed by atoms with Crippen molar-refractivity contribution in [2.75, 3.05) is 0 Å². The van der Waals surface area contributed by atoms with Crippen molar-refractivity contribution in [1.82, 2.24) is 5.06 Å². The van der Waals surface area contributed by atoms with Crippen molar-refractivity contribution in [2.45, 2.75) is 0 Å². The lowest BCUT2D eigenvalue weighted by Gasteiger charge is -1.99. The van der Waals surface area contributed by atoms with Crippen LogP contribution in [-0.4, -0.2) is 32.6 Å². The minimum absolute atomic E-state index is 0.130. The van der Waals surface area contributed by atoms with Gasteiger partial charge < -0.3 is 0 Å². The largest absolute Gasteiger partial charge is 0.285 e. The number of hydroxylamine groups is 2. The van der Waals surface area contributed by atoms with Gasteiger partial charge in [-0.1, -0.05) is 12.1 Å². The SMILES string of the molecule is O=C1c2ccccc2C(=O)N1O.OO. The molecule has 6 heteroatoms. The Labute approximate surface area is 78.5 Å². The van der Waals surface area contributed by atoms with Crippen molar-refractivity contribution >= 4 is 11.8 Å². The minimum Gasteiger partial charge on any atom is -0.278 e. The zero-order chi connectivity index (χ0) is 10.7. The van der Waals surface area contributed by atoms with Crippen LogP contribution in [0.5, 0.6) is 0 Å². The Hall–Kier alpha value is -1.76. The molecule has 0 radical (unpaired) electrons. The van der Waals surface area contributed by atoms with E-state index < -0.39 is 11.8 Å². The Bertz CT molecular complexity index is 341. The van der Waals surface area contributed by atoms with Gasteiger partial charge in [-0.2, -0.15) is 0 Å². The lowest BCUT2D eigenvalue weighted by Crippen LogP contribution is -2.25. The molecule has 0 fully saturated rings. The maximum atomic E-state index is 11.1. The van der Waals surface area contributed by atoms with E-state index in [4.69, 9.17) is 15.7 Å². The number of hydrogen-bond donors (Lipinski definition) is 3. The van der Waals surface area contributed by atoms with Crippen molar-refractivity contribution in [3.05, 3.63) is 35.4 Å². The summed E-state index contributed by atoms with van der Waals surface area (Å²) in [5, 5.41) is 21.1. The van der Waals surface area contributed by atoms with Crippen LogP contribution in [0.1, 0.15) is 20.7 Å². The van der Waals surface area contributed by atoms with Crippen LogP contribution in [0.4, 0.5) is 0 Å². The molecule has 1 aliphatic heterocycles. The summed E-state index contributed by atoms with van der Waals surface area (Å²) < 4.78 is 0. The molecule has 0 saturated heterocycles. The first kappa shape index (κ1) is 10.3. The van der Waals surface area contributed by atoms with Gasteiger partial charge in [0, 0.05) is 0 Å². The number of amides is 2. The van der Waals surface area contributed by atoms with E-state index in [-0.39, 0.29) is 16.2 Å². The van der Waals surface area contributed by atoms with E-state index in [2.05, 4.69) is 0 Å². The van der Waals surface area contributed by atoms with Gasteiger partial charge in [-0.3, -0.25) is 25.3 Å². The molecule has 6 nitrogen and oxygen atoms in total.